The molecule has 0 radical (unpaired) electrons. The molecule has 2 aromatic rings. The maximum absolute atomic E-state index is 11.6. The molecule has 0 atom stereocenters. The van der Waals surface area contributed by atoms with E-state index in [9.17, 15) is 4.79 Å². The summed E-state index contributed by atoms with van der Waals surface area (Å²) < 4.78 is 1.84. The van der Waals surface area contributed by atoms with Crippen molar-refractivity contribution in [3.8, 4) is 0 Å². The van der Waals surface area contributed by atoms with Gasteiger partial charge in [-0.1, -0.05) is 6.07 Å². The molecule has 0 saturated heterocycles. The largest absolute Gasteiger partial charge is 0.351 e. The molecule has 0 bridgehead atoms. The Morgan fingerprint density at radius 2 is 2.41 bits per heavy atom. The van der Waals surface area contributed by atoms with E-state index in [0.29, 0.717) is 19.5 Å². The molecule has 0 spiro atoms. The third-order valence-corrected chi connectivity index (χ3v) is 3.40. The van der Waals surface area contributed by atoms with Crippen LogP contribution in [0.1, 0.15) is 17.0 Å². The molecule has 0 unspecified atom stereocenters. The van der Waals surface area contributed by atoms with Crippen molar-refractivity contribution in [1.29, 1.82) is 0 Å². The minimum atomic E-state index is 0.0632. The van der Waals surface area contributed by atoms with Gasteiger partial charge in [0.05, 0.1) is 6.54 Å². The van der Waals surface area contributed by atoms with Crippen LogP contribution in [0, 0.1) is 6.92 Å². The average molecular weight is 249 g/mol. The Kier molecular flexibility index (Phi) is 3.93. The van der Waals surface area contributed by atoms with Gasteiger partial charge in [-0.15, -0.1) is 11.3 Å². The normalized spacial score (nSPS) is 10.4. The van der Waals surface area contributed by atoms with Crippen LogP contribution in [0.25, 0.3) is 0 Å². The Bertz CT molecular complexity index is 476. The van der Waals surface area contributed by atoms with Crippen molar-refractivity contribution < 1.29 is 4.79 Å². The van der Waals surface area contributed by atoms with Gasteiger partial charge in [-0.3, -0.25) is 9.48 Å². The zero-order valence-electron chi connectivity index (χ0n) is 9.72. The molecule has 1 amide bonds. The van der Waals surface area contributed by atoms with Crippen LogP contribution in [-0.2, 0) is 17.9 Å². The summed E-state index contributed by atoms with van der Waals surface area (Å²) in [5.74, 6) is 0.0632. The van der Waals surface area contributed by atoms with Crippen LogP contribution in [-0.4, -0.2) is 15.7 Å². The number of amides is 1. The van der Waals surface area contributed by atoms with Crippen LogP contribution in [0.4, 0.5) is 0 Å². The minimum Gasteiger partial charge on any atom is -0.351 e. The van der Waals surface area contributed by atoms with Gasteiger partial charge >= 0.3 is 0 Å². The molecule has 17 heavy (non-hydrogen) atoms. The number of hydrogen-bond acceptors (Lipinski definition) is 3. The lowest BCUT2D eigenvalue weighted by Gasteiger charge is -2.05. The molecule has 1 N–H and O–H groups in total. The van der Waals surface area contributed by atoms with Gasteiger partial charge in [0.15, 0.2) is 0 Å². The summed E-state index contributed by atoms with van der Waals surface area (Å²) >= 11 is 1.65. The number of carbonyl (C=O) groups is 1. The SMILES string of the molecule is Cc1ccnn1CCC(=O)NCc1cccs1. The van der Waals surface area contributed by atoms with Gasteiger partial charge in [0.2, 0.25) is 5.91 Å². The summed E-state index contributed by atoms with van der Waals surface area (Å²) in [6, 6.07) is 5.94. The van der Waals surface area contributed by atoms with E-state index in [1.165, 1.54) is 4.88 Å². The van der Waals surface area contributed by atoms with Crippen LogP contribution in [0.2, 0.25) is 0 Å². The quantitative estimate of drug-likeness (QED) is 0.880. The monoisotopic (exact) mass is 249 g/mol. The number of thiophene rings is 1. The topological polar surface area (TPSA) is 46.9 Å². The first-order chi connectivity index (χ1) is 8.25. The van der Waals surface area contributed by atoms with E-state index in [1.807, 2.05) is 35.2 Å². The van der Waals surface area contributed by atoms with E-state index >= 15 is 0 Å². The van der Waals surface area contributed by atoms with Gasteiger partial charge in [0, 0.05) is 29.7 Å². The fourth-order valence-corrected chi connectivity index (χ4v) is 2.17. The van der Waals surface area contributed by atoms with Crippen molar-refractivity contribution in [1.82, 2.24) is 15.1 Å². The molecule has 0 aliphatic rings. The number of nitrogens with zero attached hydrogens (tertiary/aromatic N) is 2. The van der Waals surface area contributed by atoms with Crippen molar-refractivity contribution in [3.05, 3.63) is 40.3 Å². The number of aromatic nitrogens is 2. The molecule has 2 rings (SSSR count). The molecule has 4 nitrogen and oxygen atoms in total. The summed E-state index contributed by atoms with van der Waals surface area (Å²) in [6.45, 7) is 3.24. The molecule has 0 saturated carbocycles. The van der Waals surface area contributed by atoms with Crippen molar-refractivity contribution in [3.63, 3.8) is 0 Å². The number of carbonyl (C=O) groups excluding carboxylic acids is 1. The van der Waals surface area contributed by atoms with Crippen LogP contribution < -0.4 is 5.32 Å². The molecule has 5 heteroatoms. The fraction of sp³-hybridized carbons (Fsp3) is 0.333. The maximum Gasteiger partial charge on any atom is 0.222 e. The lowest BCUT2D eigenvalue weighted by molar-refractivity contribution is -0.121. The highest BCUT2D eigenvalue weighted by Gasteiger charge is 2.03. The van der Waals surface area contributed by atoms with E-state index in [-0.39, 0.29) is 5.91 Å². The van der Waals surface area contributed by atoms with Crippen LogP contribution >= 0.6 is 11.3 Å². The van der Waals surface area contributed by atoms with Crippen molar-refractivity contribution in [2.24, 2.45) is 0 Å². The fourth-order valence-electron chi connectivity index (χ4n) is 1.53. The molecule has 0 aliphatic heterocycles. The molecule has 2 aromatic heterocycles. The second-order valence-electron chi connectivity index (χ2n) is 3.80. The smallest absolute Gasteiger partial charge is 0.222 e. The van der Waals surface area contributed by atoms with E-state index in [1.54, 1.807) is 17.5 Å². The summed E-state index contributed by atoms with van der Waals surface area (Å²) in [4.78, 5) is 12.8. The van der Waals surface area contributed by atoms with E-state index in [4.69, 9.17) is 0 Å². The predicted octanol–water partition coefficient (Wildman–Crippen LogP) is 1.96. The number of rotatable bonds is 5. The van der Waals surface area contributed by atoms with Gasteiger partial charge in [0.1, 0.15) is 0 Å². The van der Waals surface area contributed by atoms with Crippen molar-refractivity contribution in [2.45, 2.75) is 26.4 Å². The highest BCUT2D eigenvalue weighted by Crippen LogP contribution is 2.07. The summed E-state index contributed by atoms with van der Waals surface area (Å²) in [5.41, 5.74) is 1.08. The zero-order valence-corrected chi connectivity index (χ0v) is 10.5. The Hall–Kier alpha value is -1.62. The third-order valence-electron chi connectivity index (χ3n) is 2.52. The summed E-state index contributed by atoms with van der Waals surface area (Å²) in [7, 11) is 0. The standard InChI is InChI=1S/C12H15N3OS/c1-10-4-6-14-15(10)7-5-12(16)13-9-11-3-2-8-17-11/h2-4,6,8H,5,7,9H2,1H3,(H,13,16). The number of nitrogens with one attached hydrogen (secondary N) is 1. The minimum absolute atomic E-state index is 0.0632. The van der Waals surface area contributed by atoms with Gasteiger partial charge in [0.25, 0.3) is 0 Å². The highest BCUT2D eigenvalue weighted by molar-refractivity contribution is 7.09. The molecule has 0 aliphatic carbocycles. The van der Waals surface area contributed by atoms with E-state index in [0.717, 1.165) is 5.69 Å². The first-order valence-corrected chi connectivity index (χ1v) is 6.41. The predicted molar refractivity (Wildman–Crippen MR) is 67.7 cm³/mol. The average Bonchev–Trinajstić information content (AvgIpc) is 2.95. The van der Waals surface area contributed by atoms with Gasteiger partial charge in [-0.25, -0.2) is 0 Å². The van der Waals surface area contributed by atoms with Crippen molar-refractivity contribution in [2.75, 3.05) is 0 Å². The molecule has 90 valence electrons. The molecule has 2 heterocycles. The Balaban J connectivity index is 1.73. The first-order valence-electron chi connectivity index (χ1n) is 5.53. The summed E-state index contributed by atoms with van der Waals surface area (Å²) in [6.07, 6.45) is 2.22. The lowest BCUT2D eigenvalue weighted by Crippen LogP contribution is -2.23. The number of hydrogen-bond donors (Lipinski definition) is 1. The molecule has 0 aromatic carbocycles. The molecular formula is C12H15N3OS. The first kappa shape index (κ1) is 11.9. The number of aryl methyl sites for hydroxylation is 2. The second-order valence-corrected chi connectivity index (χ2v) is 4.83. The highest BCUT2D eigenvalue weighted by atomic mass is 32.1. The maximum atomic E-state index is 11.6. The van der Waals surface area contributed by atoms with Gasteiger partial charge in [-0.05, 0) is 24.4 Å². The second kappa shape index (κ2) is 5.63. The van der Waals surface area contributed by atoms with E-state index in [2.05, 4.69) is 10.4 Å². The van der Waals surface area contributed by atoms with Crippen LogP contribution in [0.5, 0.6) is 0 Å². The molecule has 0 fully saturated rings. The van der Waals surface area contributed by atoms with Gasteiger partial charge < -0.3 is 5.32 Å². The Morgan fingerprint density at radius 1 is 1.53 bits per heavy atom. The third kappa shape index (κ3) is 3.42. The zero-order chi connectivity index (χ0) is 12.1. The summed E-state index contributed by atoms with van der Waals surface area (Å²) in [5, 5.41) is 9.04. The van der Waals surface area contributed by atoms with E-state index < -0.39 is 0 Å². The van der Waals surface area contributed by atoms with Crippen LogP contribution in [0.3, 0.4) is 0 Å². The lowest BCUT2D eigenvalue weighted by atomic mass is 10.3. The van der Waals surface area contributed by atoms with Crippen molar-refractivity contribution >= 4 is 17.2 Å². The van der Waals surface area contributed by atoms with Crippen LogP contribution in [0.15, 0.2) is 29.8 Å². The molecular weight excluding hydrogens is 234 g/mol. The van der Waals surface area contributed by atoms with Gasteiger partial charge in [-0.2, -0.15) is 5.10 Å². The Morgan fingerprint density at radius 3 is 3.06 bits per heavy atom. The Labute approximate surface area is 104 Å².